The number of aliphatic hydroxyl groups is 2. The first-order valence-electron chi connectivity index (χ1n) is 50.8. The van der Waals surface area contributed by atoms with E-state index in [4.69, 9.17) is 32.3 Å². The van der Waals surface area contributed by atoms with Crippen LogP contribution in [0.5, 0.6) is 0 Å². The van der Waals surface area contributed by atoms with Gasteiger partial charge in [0.05, 0.1) is 26.4 Å². The van der Waals surface area contributed by atoms with Crippen LogP contribution in [0.15, 0.2) is 158 Å². The Bertz CT molecular complexity index is 2900. The van der Waals surface area contributed by atoms with E-state index >= 15 is 0 Å². The highest BCUT2D eigenvalue weighted by molar-refractivity contribution is 7.47. The first-order chi connectivity index (χ1) is 61.2. The lowest BCUT2D eigenvalue weighted by Gasteiger charge is -2.21. The van der Waals surface area contributed by atoms with E-state index in [1.165, 1.54) is 231 Å². The molecule has 0 rings (SSSR count). The fourth-order valence-electron chi connectivity index (χ4n) is 14.0. The van der Waals surface area contributed by atoms with E-state index in [0.717, 1.165) is 154 Å². The molecule has 18 heteroatoms. The Balaban J connectivity index is 4.63. The highest BCUT2D eigenvalue weighted by Crippen LogP contribution is 2.45. The van der Waals surface area contributed by atoms with Gasteiger partial charge in [-0.3, -0.25) is 32.5 Å². The molecule has 0 aromatic rings. The summed E-state index contributed by atoms with van der Waals surface area (Å²) in [5.41, 5.74) is 0. The van der Waals surface area contributed by atoms with Gasteiger partial charge in [0, 0.05) is 19.3 Å². The van der Waals surface area contributed by atoms with Gasteiger partial charge in [0.25, 0.3) is 0 Å². The molecule has 0 bridgehead atoms. The number of phosphoric ester groups is 2. The van der Waals surface area contributed by atoms with Crippen LogP contribution in [0, 0.1) is 0 Å². The average molecular weight is 1790 g/mol. The molecule has 0 saturated heterocycles. The number of allylic oxidation sites excluding steroid dienone is 26. The van der Waals surface area contributed by atoms with E-state index in [0.29, 0.717) is 19.3 Å². The van der Waals surface area contributed by atoms with Gasteiger partial charge in [0.1, 0.15) is 25.4 Å². The predicted octanol–water partition coefficient (Wildman–Crippen LogP) is 32.0. The minimum absolute atomic E-state index is 0.100. The summed E-state index contributed by atoms with van der Waals surface area (Å²) in [7, 11) is -9.82. The Kier molecular flexibility index (Phi) is 94.4. The van der Waals surface area contributed by atoms with Crippen molar-refractivity contribution in [1.29, 1.82) is 0 Å². The molecule has 0 fully saturated rings. The molecule has 720 valence electrons. The first-order valence-corrected chi connectivity index (χ1v) is 53.8. The van der Waals surface area contributed by atoms with Gasteiger partial charge in [-0.2, -0.15) is 0 Å². The summed E-state index contributed by atoms with van der Waals surface area (Å²) in [5, 5.41) is 20.8. The number of aliphatic hydroxyl groups excluding tert-OH is 2. The van der Waals surface area contributed by atoms with Crippen LogP contribution < -0.4 is 0 Å². The number of hydrogen-bond acceptors (Lipinski definition) is 14. The summed E-state index contributed by atoms with van der Waals surface area (Å²) in [6, 6.07) is 0. The third-order valence-corrected chi connectivity index (χ3v) is 23.6. The number of hydrogen-bond donors (Lipinski definition) is 4. The fraction of sp³-hybridized carbons (Fsp3) is 0.729. The van der Waals surface area contributed by atoms with Crippen molar-refractivity contribution in [2.24, 2.45) is 0 Å². The number of unbranched alkanes of at least 4 members (excludes halogenated alkanes) is 47. The number of rotatable bonds is 96. The van der Waals surface area contributed by atoms with Gasteiger partial charge in [-0.05, 0) is 154 Å². The molecule has 4 N–H and O–H groups in total. The number of esters is 3. The molecule has 0 aliphatic rings. The maximum absolute atomic E-state index is 13.1. The Hall–Kier alpha value is -4.83. The van der Waals surface area contributed by atoms with Crippen LogP contribution in [0.3, 0.4) is 0 Å². The maximum Gasteiger partial charge on any atom is 0.472 e. The lowest BCUT2D eigenvalue weighted by Crippen LogP contribution is -2.30. The van der Waals surface area contributed by atoms with Crippen molar-refractivity contribution in [2.45, 2.75) is 463 Å². The van der Waals surface area contributed by atoms with Gasteiger partial charge < -0.3 is 34.2 Å². The summed E-state index contributed by atoms with van der Waals surface area (Å²) >= 11 is 0. The number of phosphoric acid groups is 2. The molecule has 0 aliphatic heterocycles. The number of carbonyl (C=O) groups is 3. The fourth-order valence-corrected chi connectivity index (χ4v) is 15.6. The van der Waals surface area contributed by atoms with E-state index < -0.39 is 91.5 Å². The summed E-state index contributed by atoms with van der Waals surface area (Å²) in [4.78, 5) is 59.2. The molecule has 125 heavy (non-hydrogen) atoms. The summed E-state index contributed by atoms with van der Waals surface area (Å²) in [6.45, 7) is 2.59. The summed E-state index contributed by atoms with van der Waals surface area (Å²) in [6.07, 6.45) is 127. The monoisotopic (exact) mass is 1790 g/mol. The van der Waals surface area contributed by atoms with Crippen LogP contribution in [-0.2, 0) is 55.8 Å². The third kappa shape index (κ3) is 99.6. The van der Waals surface area contributed by atoms with Gasteiger partial charge >= 0.3 is 33.6 Å². The van der Waals surface area contributed by atoms with Crippen molar-refractivity contribution < 1.29 is 75.8 Å². The van der Waals surface area contributed by atoms with Crippen molar-refractivity contribution >= 4 is 33.6 Å². The average Bonchev–Trinajstić information content (AvgIpc) is 0.897. The van der Waals surface area contributed by atoms with Crippen LogP contribution in [0.2, 0.25) is 0 Å². The zero-order valence-electron chi connectivity index (χ0n) is 79.7. The summed E-state index contributed by atoms with van der Waals surface area (Å²) < 4.78 is 61.7. The van der Waals surface area contributed by atoms with Crippen LogP contribution in [0.25, 0.3) is 0 Å². The molecule has 0 saturated carbocycles. The first kappa shape index (κ1) is 120. The number of ether oxygens (including phenoxy) is 3. The van der Waals surface area contributed by atoms with Crippen molar-refractivity contribution in [3.05, 3.63) is 158 Å². The van der Waals surface area contributed by atoms with Crippen LogP contribution >= 0.6 is 15.6 Å². The molecule has 0 heterocycles. The molecular weight excluding hydrogens is 1600 g/mol. The van der Waals surface area contributed by atoms with Crippen molar-refractivity contribution in [1.82, 2.24) is 0 Å². The lowest BCUT2D eigenvalue weighted by molar-refractivity contribution is -0.161. The normalized spacial score (nSPS) is 14.3. The highest BCUT2D eigenvalue weighted by atomic mass is 31.2. The molecule has 0 amide bonds. The topological polar surface area (TPSA) is 231 Å². The standard InChI is InChI=1S/C107H186O16P2/c1-4-7-10-13-16-19-22-25-28-31-34-37-40-43-46-49-50-53-55-57-60-63-66-69-72-75-78-81-84-87-90-93-105(110)117-96-102(108)97-119-124(113,114)120-98-103(109)99-121-125(115,116)122-101-104(123-107(112)95-92-89-86-83-80-77-74-71-68-65-62-59-56-52-48-45-42-39-36-33-30-27-24-21-18-15-12-9-6-3)100-118-106(111)94-91-88-85-82-79-76-73-70-67-64-61-58-54-51-47-44-41-38-35-32-29-26-23-20-17-14-11-8-5-2/h8,11,16-21,25-30,34-39,43-48,102-104,108-109H,4-7,9-10,12-15,22-24,31-33,40-42,49-101H2,1-3H3,(H,113,114)(H,115,116)/b11-8-,19-16-,20-17-,21-18-,28-25-,29-26-,30-27-,37-34-,38-35-,39-36-,46-43-,47-44-,48-45-. The lowest BCUT2D eigenvalue weighted by atomic mass is 10.0. The summed E-state index contributed by atoms with van der Waals surface area (Å²) in [5.74, 6) is -1.56. The quantitative estimate of drug-likeness (QED) is 0.0146. The van der Waals surface area contributed by atoms with Crippen LogP contribution in [0.1, 0.15) is 445 Å². The largest absolute Gasteiger partial charge is 0.472 e. The van der Waals surface area contributed by atoms with Crippen molar-refractivity contribution in [2.75, 3.05) is 39.6 Å². The maximum atomic E-state index is 13.1. The molecule has 0 aromatic carbocycles. The Morgan fingerprint density at radius 2 is 0.424 bits per heavy atom. The van der Waals surface area contributed by atoms with Gasteiger partial charge in [-0.1, -0.05) is 429 Å². The van der Waals surface area contributed by atoms with E-state index in [1.54, 1.807) is 0 Å². The van der Waals surface area contributed by atoms with E-state index in [1.807, 2.05) is 0 Å². The van der Waals surface area contributed by atoms with Crippen molar-refractivity contribution in [3.8, 4) is 0 Å². The van der Waals surface area contributed by atoms with Gasteiger partial charge in [-0.15, -0.1) is 0 Å². The van der Waals surface area contributed by atoms with Crippen LogP contribution in [0.4, 0.5) is 0 Å². The Labute approximate surface area is 765 Å². The predicted molar refractivity (Wildman–Crippen MR) is 528 cm³/mol. The molecular formula is C107H186O16P2. The Morgan fingerprint density at radius 1 is 0.232 bits per heavy atom. The second-order valence-corrected chi connectivity index (χ2v) is 36.8. The van der Waals surface area contributed by atoms with E-state index in [2.05, 4.69) is 179 Å². The molecule has 5 unspecified atom stereocenters. The van der Waals surface area contributed by atoms with Gasteiger partial charge in [-0.25, -0.2) is 9.13 Å². The molecule has 0 spiro atoms. The zero-order chi connectivity index (χ0) is 90.7. The Morgan fingerprint density at radius 3 is 0.672 bits per heavy atom. The second kappa shape index (κ2) is 98.2. The molecule has 5 atom stereocenters. The smallest absolute Gasteiger partial charge is 0.463 e. The van der Waals surface area contributed by atoms with Gasteiger partial charge in [0.15, 0.2) is 6.10 Å². The number of carbonyl (C=O) groups excluding carboxylic acids is 3. The molecule has 0 radical (unpaired) electrons. The van der Waals surface area contributed by atoms with Crippen LogP contribution in [-0.4, -0.2) is 95.9 Å². The SMILES string of the molecule is CC/C=C\C/C=C\C/C=C\C/C=C\C/C=C\CCCCCCCCCCCCCCCC(=O)OCC(COP(=O)(O)OCC(O)COP(=O)(O)OCC(O)COC(=O)CCCCCCCCCCCCCCCCC/C=C\C/C=C\C/C=C\C/C=C\CCCCC)OC(=O)CCCCCCCCCCCCCCC/C=C\C/C=C\C/C=C\C/C=C\CCCCC. The third-order valence-electron chi connectivity index (χ3n) is 21.7. The highest BCUT2D eigenvalue weighted by Gasteiger charge is 2.30. The second-order valence-electron chi connectivity index (χ2n) is 33.9. The van der Waals surface area contributed by atoms with Crippen molar-refractivity contribution in [3.63, 3.8) is 0 Å². The van der Waals surface area contributed by atoms with E-state index in [9.17, 15) is 43.5 Å². The van der Waals surface area contributed by atoms with E-state index in [-0.39, 0.29) is 19.3 Å². The van der Waals surface area contributed by atoms with Gasteiger partial charge in [0.2, 0.25) is 0 Å². The molecule has 16 nitrogen and oxygen atoms in total. The molecule has 0 aromatic heterocycles. The minimum atomic E-state index is -4.95. The molecule has 0 aliphatic carbocycles. The zero-order valence-corrected chi connectivity index (χ0v) is 81.5. The minimum Gasteiger partial charge on any atom is -0.463 e.